The second kappa shape index (κ2) is 1.90. The minimum absolute atomic E-state index is 0.207. The smallest absolute Gasteiger partial charge is 0.112 e. The Labute approximate surface area is 61.2 Å². The van der Waals surface area contributed by atoms with Crippen LogP contribution in [0.3, 0.4) is 0 Å². The van der Waals surface area contributed by atoms with Crippen LogP contribution in [0.15, 0.2) is 0 Å². The van der Waals surface area contributed by atoms with E-state index in [9.17, 15) is 0 Å². The van der Waals surface area contributed by atoms with Crippen LogP contribution in [0.5, 0.6) is 0 Å². The topological polar surface area (TPSA) is 12.5 Å². The van der Waals surface area contributed by atoms with Crippen LogP contribution in [-0.2, 0) is 4.74 Å². The van der Waals surface area contributed by atoms with Crippen LogP contribution < -0.4 is 0 Å². The van der Waals surface area contributed by atoms with Crippen LogP contribution in [0.25, 0.3) is 0 Å². The van der Waals surface area contributed by atoms with Gasteiger partial charge in [-0.2, -0.15) is 0 Å². The van der Waals surface area contributed by atoms with E-state index in [4.69, 9.17) is 4.74 Å². The molecule has 2 heterocycles. The first-order valence-electron chi connectivity index (χ1n) is 3.69. The van der Waals surface area contributed by atoms with Crippen LogP contribution in [0, 0.1) is 12.0 Å². The van der Waals surface area contributed by atoms with Gasteiger partial charge >= 0.3 is 0 Å². The van der Waals surface area contributed by atoms with Crippen molar-refractivity contribution in [3.63, 3.8) is 0 Å². The summed E-state index contributed by atoms with van der Waals surface area (Å²) < 4.78 is 4.96. The van der Waals surface area contributed by atoms with Crippen molar-refractivity contribution in [1.82, 2.24) is 4.90 Å². The first kappa shape index (κ1) is 6.06. The fourth-order valence-electron chi connectivity index (χ4n) is 1.54. The highest BCUT2D eigenvalue weighted by Gasteiger charge is 2.41. The third-order valence-electron chi connectivity index (χ3n) is 2.57. The molecule has 1 atom stereocenters. The van der Waals surface area contributed by atoms with Gasteiger partial charge in [0.15, 0.2) is 0 Å². The molecule has 0 aromatic heterocycles. The molecule has 1 fully saturated rings. The molecule has 2 heteroatoms. The van der Waals surface area contributed by atoms with E-state index in [-0.39, 0.29) is 5.54 Å². The Morgan fingerprint density at radius 1 is 1.50 bits per heavy atom. The normalized spacial score (nSPS) is 37.7. The van der Waals surface area contributed by atoms with Gasteiger partial charge in [0.2, 0.25) is 0 Å². The van der Waals surface area contributed by atoms with E-state index < -0.39 is 0 Å². The van der Waals surface area contributed by atoms with Crippen LogP contribution in [0.1, 0.15) is 12.8 Å². The fourth-order valence-corrected chi connectivity index (χ4v) is 1.54. The molecule has 0 aromatic rings. The number of nitrogens with zero attached hydrogens (tertiary/aromatic N) is 1. The molecule has 54 valence electrons. The van der Waals surface area contributed by atoms with Crippen LogP contribution in [0.2, 0.25) is 0 Å². The van der Waals surface area contributed by atoms with Crippen molar-refractivity contribution in [2.45, 2.75) is 18.4 Å². The molecule has 2 nitrogen and oxygen atoms in total. The lowest BCUT2D eigenvalue weighted by Crippen LogP contribution is -2.58. The molecule has 0 bridgehead atoms. The molecule has 1 spiro atoms. The zero-order valence-electron chi connectivity index (χ0n) is 6.18. The quantitative estimate of drug-likeness (QED) is 0.449. The molecule has 10 heavy (non-hydrogen) atoms. The second-order valence-corrected chi connectivity index (χ2v) is 3.03. The minimum atomic E-state index is 0.207. The maximum atomic E-state index is 4.96. The molecule has 0 aliphatic carbocycles. The van der Waals surface area contributed by atoms with Crippen LogP contribution in [-0.4, -0.2) is 30.6 Å². The van der Waals surface area contributed by atoms with Gasteiger partial charge in [-0.25, -0.2) is 0 Å². The van der Waals surface area contributed by atoms with Gasteiger partial charge in [0.05, 0.1) is 5.54 Å². The summed E-state index contributed by atoms with van der Waals surface area (Å²) >= 11 is 0. The first-order valence-corrected chi connectivity index (χ1v) is 3.69. The molecule has 0 N–H and O–H groups in total. The molecule has 0 unspecified atom stereocenters. The van der Waals surface area contributed by atoms with Crippen molar-refractivity contribution in [3.05, 3.63) is 0 Å². The van der Waals surface area contributed by atoms with Crippen molar-refractivity contribution in [1.29, 1.82) is 0 Å². The van der Waals surface area contributed by atoms with E-state index in [1.807, 2.05) is 0 Å². The predicted molar refractivity (Wildman–Crippen MR) is 38.3 cm³/mol. The Bertz CT molecular complexity index is 203. The van der Waals surface area contributed by atoms with Gasteiger partial charge in [-0.15, -0.1) is 0 Å². The molecule has 2 aliphatic rings. The highest BCUT2D eigenvalue weighted by atomic mass is 16.5. The van der Waals surface area contributed by atoms with E-state index in [2.05, 4.69) is 24.0 Å². The van der Waals surface area contributed by atoms with Gasteiger partial charge in [-0.1, -0.05) is 0 Å². The van der Waals surface area contributed by atoms with Crippen molar-refractivity contribution >= 4 is 0 Å². The number of ether oxygens (including phenoxy) is 1. The zero-order valence-corrected chi connectivity index (χ0v) is 6.18. The Balaban J connectivity index is 2.18. The Kier molecular flexibility index (Phi) is 1.15. The van der Waals surface area contributed by atoms with E-state index in [0.717, 1.165) is 13.0 Å². The molecule has 0 amide bonds. The molecule has 0 aromatic carbocycles. The number of likely N-dealkylation sites (tertiary alicyclic amines) is 1. The molecule has 1 saturated heterocycles. The Morgan fingerprint density at radius 2 is 2.40 bits per heavy atom. The van der Waals surface area contributed by atoms with E-state index in [1.54, 1.807) is 0 Å². The summed E-state index contributed by atoms with van der Waals surface area (Å²) in [5.41, 5.74) is 0.207. The van der Waals surface area contributed by atoms with Crippen molar-refractivity contribution in [2.24, 2.45) is 0 Å². The summed E-state index contributed by atoms with van der Waals surface area (Å²) in [6, 6.07) is 0. The van der Waals surface area contributed by atoms with E-state index in [1.165, 1.54) is 13.0 Å². The number of rotatable bonds is 0. The summed E-state index contributed by atoms with van der Waals surface area (Å²) in [6.45, 7) is 1.99. The summed E-state index contributed by atoms with van der Waals surface area (Å²) in [4.78, 5) is 2.31. The summed E-state index contributed by atoms with van der Waals surface area (Å²) in [6.07, 6.45) is 5.02. The molecule has 0 saturated carbocycles. The largest absolute Gasteiger partial charge is 0.446 e. The van der Waals surface area contributed by atoms with Crippen LogP contribution in [0.4, 0.5) is 0 Å². The summed E-state index contributed by atoms with van der Waals surface area (Å²) in [7, 11) is 2.13. The first-order chi connectivity index (χ1) is 4.83. The lowest BCUT2D eigenvalue weighted by Gasteiger charge is -2.47. The Morgan fingerprint density at radius 3 is 2.70 bits per heavy atom. The van der Waals surface area contributed by atoms with Gasteiger partial charge in [-0.3, -0.25) is 4.90 Å². The Hall–Kier alpha value is -0.680. The highest BCUT2D eigenvalue weighted by molar-refractivity contribution is 5.22. The average molecular weight is 137 g/mol. The van der Waals surface area contributed by atoms with Crippen molar-refractivity contribution in [2.75, 3.05) is 20.2 Å². The maximum absolute atomic E-state index is 4.96. The highest BCUT2D eigenvalue weighted by Crippen LogP contribution is 2.32. The predicted octanol–water partition coefficient (Wildman–Crippen LogP) is 0.442. The third kappa shape index (κ3) is 0.643. The zero-order chi connectivity index (χ0) is 7.03. The number of hydrogen-bond donors (Lipinski definition) is 0. The number of hydrogen-bond acceptors (Lipinski definition) is 2. The standard InChI is InChI=1S/C8H11NO/c1-9-5-2-8(9)3-6-10-7-4-8/h2-3,5-6H2,1H3/t8-/m0/s1. The van der Waals surface area contributed by atoms with Crippen LogP contribution >= 0.6 is 0 Å². The maximum Gasteiger partial charge on any atom is 0.112 e. The molecule has 2 rings (SSSR count). The van der Waals surface area contributed by atoms with Gasteiger partial charge in [0.25, 0.3) is 0 Å². The molecule has 2 aliphatic heterocycles. The summed E-state index contributed by atoms with van der Waals surface area (Å²) in [5, 5.41) is 0. The molecule has 0 radical (unpaired) electrons. The lowest BCUT2D eigenvalue weighted by atomic mass is 9.83. The summed E-state index contributed by atoms with van der Waals surface area (Å²) in [5.74, 6) is 3.14. The minimum Gasteiger partial charge on any atom is -0.446 e. The van der Waals surface area contributed by atoms with Gasteiger partial charge < -0.3 is 4.74 Å². The van der Waals surface area contributed by atoms with E-state index >= 15 is 0 Å². The SMILES string of the molecule is CN1CC[C@]12C#COCC2. The van der Waals surface area contributed by atoms with Gasteiger partial charge in [0.1, 0.15) is 12.7 Å². The lowest BCUT2D eigenvalue weighted by molar-refractivity contribution is 0.0299. The monoisotopic (exact) mass is 137 g/mol. The third-order valence-corrected chi connectivity index (χ3v) is 2.57. The molecular weight excluding hydrogens is 126 g/mol. The fraction of sp³-hybridized carbons (Fsp3) is 0.750. The van der Waals surface area contributed by atoms with Crippen molar-refractivity contribution < 1.29 is 4.74 Å². The average Bonchev–Trinajstić information content (AvgIpc) is 2.04. The van der Waals surface area contributed by atoms with Gasteiger partial charge in [0, 0.05) is 13.0 Å². The van der Waals surface area contributed by atoms with E-state index in [0.29, 0.717) is 0 Å². The van der Waals surface area contributed by atoms with Gasteiger partial charge in [-0.05, 0) is 19.4 Å². The van der Waals surface area contributed by atoms with Crippen molar-refractivity contribution in [3.8, 4) is 12.0 Å². The molecular formula is C8H11NO. The second-order valence-electron chi connectivity index (χ2n) is 3.03.